The van der Waals surface area contributed by atoms with Crippen molar-refractivity contribution in [3.8, 4) is 0 Å². The predicted octanol–water partition coefficient (Wildman–Crippen LogP) is 1.37. The van der Waals surface area contributed by atoms with Crippen molar-refractivity contribution in [2.24, 2.45) is 0 Å². The van der Waals surface area contributed by atoms with Crippen LogP contribution < -0.4 is 3.69 Å². The molecular weight excluding hydrogens is 244 g/mol. The molecular formula is C9H9BrMgO2. The number of hydrogen-bond donors (Lipinski definition) is 0. The summed E-state index contributed by atoms with van der Waals surface area (Å²) in [4.78, 5) is 0. The average molecular weight is 253 g/mol. The first kappa shape index (κ1) is 9.92. The molecule has 1 heterocycles. The lowest BCUT2D eigenvalue weighted by Crippen LogP contribution is -2.18. The molecule has 0 radical (unpaired) electrons. The van der Waals surface area contributed by atoms with Crippen LogP contribution in [0.2, 0.25) is 0 Å². The van der Waals surface area contributed by atoms with E-state index in [1.807, 2.05) is 6.07 Å². The van der Waals surface area contributed by atoms with Crippen LogP contribution in [0.4, 0.5) is 0 Å². The SMILES string of the molecule is [Br][Mg][c]1ccccc1C1OCCO1. The van der Waals surface area contributed by atoms with Gasteiger partial charge in [0.2, 0.25) is 0 Å². The molecule has 0 saturated carbocycles. The maximum Gasteiger partial charge on any atom is 0.507 e. The first-order valence-electron chi connectivity index (χ1n) is 4.29. The Bertz CT molecular complexity index is 287. The molecule has 1 fully saturated rings. The molecule has 4 heteroatoms. The molecule has 1 aliphatic heterocycles. The van der Waals surface area contributed by atoms with Gasteiger partial charge in [-0.25, -0.2) is 0 Å². The third-order valence-electron chi connectivity index (χ3n) is 2.07. The van der Waals surface area contributed by atoms with Crippen molar-refractivity contribution in [2.45, 2.75) is 6.29 Å². The van der Waals surface area contributed by atoms with Gasteiger partial charge in [-0.2, -0.15) is 0 Å². The minimum absolute atomic E-state index is 0.124. The van der Waals surface area contributed by atoms with E-state index in [2.05, 4.69) is 31.1 Å². The standard InChI is InChI=1S/C9H9O2.BrH.Mg/c1-2-4-8(5-3-1)9-10-6-7-11-9;;/h1-4,9H,6-7H2;1H;/q;;+1/p-1. The van der Waals surface area contributed by atoms with Crippen LogP contribution in [0.25, 0.3) is 0 Å². The summed E-state index contributed by atoms with van der Waals surface area (Å²) in [5.41, 5.74) is 1.20. The second-order valence-corrected chi connectivity index (χ2v) is 5.62. The summed E-state index contributed by atoms with van der Waals surface area (Å²) in [5.74, 6) is 0. The molecule has 1 aromatic rings. The van der Waals surface area contributed by atoms with Crippen molar-refractivity contribution < 1.29 is 9.47 Å². The van der Waals surface area contributed by atoms with E-state index in [1.54, 1.807) is 0 Å². The Morgan fingerprint density at radius 1 is 1.23 bits per heavy atom. The van der Waals surface area contributed by atoms with Gasteiger partial charge in [-0.3, -0.25) is 12.9 Å². The molecule has 0 aliphatic carbocycles. The monoisotopic (exact) mass is 252 g/mol. The molecule has 0 atom stereocenters. The maximum absolute atomic E-state index is 5.46. The van der Waals surface area contributed by atoms with Gasteiger partial charge in [-0.05, 0) is 5.56 Å². The molecule has 0 N–H and O–H groups in total. The van der Waals surface area contributed by atoms with Crippen LogP contribution >= 0.6 is 12.9 Å². The Hall–Kier alpha value is 0.386. The zero-order valence-corrected chi connectivity index (χ0v) is 10.2. The molecule has 1 saturated heterocycles. The van der Waals surface area contributed by atoms with Crippen molar-refractivity contribution in [3.63, 3.8) is 0 Å². The quantitative estimate of drug-likeness (QED) is 0.741. The van der Waals surface area contributed by atoms with Gasteiger partial charge in [-0.1, -0.05) is 24.3 Å². The summed E-state index contributed by atoms with van der Waals surface area (Å²) < 4.78 is 12.3. The summed E-state index contributed by atoms with van der Waals surface area (Å²) in [5, 5.41) is 0. The largest absolute Gasteiger partial charge is 0.507 e. The topological polar surface area (TPSA) is 18.5 Å². The Balaban J connectivity index is 2.26. The molecule has 0 bridgehead atoms. The first-order chi connectivity index (χ1) is 6.42. The van der Waals surface area contributed by atoms with Crippen molar-refractivity contribution in [1.82, 2.24) is 0 Å². The fraction of sp³-hybridized carbons (Fsp3) is 0.333. The van der Waals surface area contributed by atoms with E-state index in [4.69, 9.17) is 9.47 Å². The Morgan fingerprint density at radius 2 is 1.92 bits per heavy atom. The van der Waals surface area contributed by atoms with E-state index < -0.39 is 0 Å². The molecule has 2 nitrogen and oxygen atoms in total. The van der Waals surface area contributed by atoms with Crippen LogP contribution in [0.1, 0.15) is 11.9 Å². The highest BCUT2D eigenvalue weighted by molar-refractivity contribution is 9.23. The molecule has 13 heavy (non-hydrogen) atoms. The summed E-state index contributed by atoms with van der Waals surface area (Å²) in [7, 11) is 0. The Kier molecular flexibility index (Phi) is 3.63. The maximum atomic E-state index is 5.46. The van der Waals surface area contributed by atoms with E-state index in [-0.39, 0.29) is 24.5 Å². The predicted molar refractivity (Wildman–Crippen MR) is 55.4 cm³/mol. The normalized spacial score (nSPS) is 17.3. The van der Waals surface area contributed by atoms with Gasteiger partial charge >= 0.3 is 18.2 Å². The van der Waals surface area contributed by atoms with Gasteiger partial charge in [0.05, 0.1) is 13.2 Å². The van der Waals surface area contributed by atoms with Crippen molar-refractivity contribution in [2.75, 3.05) is 13.2 Å². The van der Waals surface area contributed by atoms with Gasteiger partial charge < -0.3 is 9.47 Å². The summed E-state index contributed by atoms with van der Waals surface area (Å²) in [6.07, 6.45) is -0.124. The first-order valence-corrected chi connectivity index (χ1v) is 8.89. The van der Waals surface area contributed by atoms with Crippen LogP contribution in [0.3, 0.4) is 0 Å². The van der Waals surface area contributed by atoms with Crippen LogP contribution in [-0.4, -0.2) is 31.4 Å². The van der Waals surface area contributed by atoms with E-state index in [0.29, 0.717) is 13.2 Å². The molecule has 66 valence electrons. The van der Waals surface area contributed by atoms with E-state index in [1.165, 1.54) is 9.26 Å². The van der Waals surface area contributed by atoms with Gasteiger partial charge in [-0.15, -0.1) is 3.69 Å². The smallest absolute Gasteiger partial charge is 0.346 e. The zero-order valence-electron chi connectivity index (χ0n) is 7.20. The third-order valence-corrected chi connectivity index (χ3v) is 4.82. The third kappa shape index (κ3) is 2.25. The second-order valence-electron chi connectivity index (χ2n) is 2.91. The second kappa shape index (κ2) is 4.75. The lowest BCUT2D eigenvalue weighted by Gasteiger charge is -2.13. The van der Waals surface area contributed by atoms with Crippen molar-refractivity contribution in [3.05, 3.63) is 29.8 Å². The van der Waals surface area contributed by atoms with Gasteiger partial charge in [0.25, 0.3) is 0 Å². The molecule has 1 aromatic carbocycles. The van der Waals surface area contributed by atoms with Gasteiger partial charge in [0, 0.05) is 0 Å². The molecule has 0 amide bonds. The molecule has 0 aromatic heterocycles. The number of benzene rings is 1. The van der Waals surface area contributed by atoms with Gasteiger partial charge in [0.1, 0.15) is 0 Å². The molecule has 2 rings (SSSR count). The molecule has 1 aliphatic rings. The highest BCUT2D eigenvalue weighted by Gasteiger charge is 2.20. The number of ether oxygens (including phenoxy) is 2. The van der Waals surface area contributed by atoms with Crippen molar-refractivity contribution in [1.29, 1.82) is 0 Å². The van der Waals surface area contributed by atoms with Crippen LogP contribution in [0.5, 0.6) is 0 Å². The van der Waals surface area contributed by atoms with Crippen LogP contribution in [0.15, 0.2) is 24.3 Å². The summed E-state index contributed by atoms with van der Waals surface area (Å²) in [6.45, 7) is 1.42. The lowest BCUT2D eigenvalue weighted by molar-refractivity contribution is -0.0433. The Morgan fingerprint density at radius 3 is 2.62 bits per heavy atom. The van der Waals surface area contributed by atoms with E-state index in [0.717, 1.165) is 0 Å². The minimum atomic E-state index is -0.319. The molecule has 0 unspecified atom stereocenters. The average Bonchev–Trinajstić information content (AvgIpc) is 2.70. The highest BCUT2D eigenvalue weighted by atomic mass is 79.9. The number of halogens is 1. The minimum Gasteiger partial charge on any atom is -0.346 e. The fourth-order valence-electron chi connectivity index (χ4n) is 1.42. The Labute approximate surface area is 93.2 Å². The zero-order chi connectivity index (χ0) is 9.10. The van der Waals surface area contributed by atoms with Gasteiger partial charge in [0.15, 0.2) is 6.29 Å². The fourth-order valence-corrected chi connectivity index (χ4v) is 3.62. The molecule has 0 spiro atoms. The summed E-state index contributed by atoms with van der Waals surface area (Å²) >= 11 is 3.26. The van der Waals surface area contributed by atoms with Crippen LogP contribution in [0, 0.1) is 0 Å². The van der Waals surface area contributed by atoms with Crippen LogP contribution in [-0.2, 0) is 9.47 Å². The lowest BCUT2D eigenvalue weighted by atomic mass is 10.2. The number of rotatable bonds is 2. The van der Waals surface area contributed by atoms with Crippen molar-refractivity contribution >= 4 is 34.8 Å². The number of hydrogen-bond acceptors (Lipinski definition) is 2. The summed E-state index contributed by atoms with van der Waals surface area (Å²) in [6, 6.07) is 8.31. The van der Waals surface area contributed by atoms with E-state index in [9.17, 15) is 0 Å². The van der Waals surface area contributed by atoms with E-state index >= 15 is 0 Å². The highest BCUT2D eigenvalue weighted by Crippen LogP contribution is 2.21.